The summed E-state index contributed by atoms with van der Waals surface area (Å²) in [6, 6.07) is 12.3. The Bertz CT molecular complexity index is 748. The van der Waals surface area contributed by atoms with Crippen LogP contribution in [0.5, 0.6) is 5.75 Å². The molecule has 1 heterocycles. The molecule has 0 fully saturated rings. The van der Waals surface area contributed by atoms with Gasteiger partial charge < -0.3 is 15.8 Å². The Morgan fingerprint density at radius 3 is 2.92 bits per heavy atom. The normalized spacial score (nSPS) is 17.2. The second-order valence-corrected chi connectivity index (χ2v) is 6.22. The molecule has 126 valence electrons. The number of halogens is 1. The maximum atomic E-state index is 13.4. The summed E-state index contributed by atoms with van der Waals surface area (Å²) in [5.74, 6) is 0.493. The fourth-order valence-corrected chi connectivity index (χ4v) is 2.93. The van der Waals surface area contributed by atoms with Crippen LogP contribution in [0, 0.1) is 5.82 Å². The van der Waals surface area contributed by atoms with E-state index in [2.05, 4.69) is 11.4 Å². The quantitative estimate of drug-likeness (QED) is 0.856. The molecule has 0 spiro atoms. The Hall–Kier alpha value is -2.40. The average molecular weight is 328 g/mol. The molecule has 3 N–H and O–H groups in total. The number of fused-ring (bicyclic) bond motifs is 1. The zero-order chi connectivity index (χ0) is 17.1. The van der Waals surface area contributed by atoms with Crippen LogP contribution in [0.2, 0.25) is 0 Å². The summed E-state index contributed by atoms with van der Waals surface area (Å²) >= 11 is 0. The van der Waals surface area contributed by atoms with Crippen molar-refractivity contribution in [3.8, 4) is 5.75 Å². The maximum Gasteiger partial charge on any atom is 0.234 e. The molecule has 1 amide bonds. The SMILES string of the molecule is CC(NCc1ccc2c(c1)C(Cc1cccc(F)c1)CO2)C(N)=O. The number of primary amides is 1. The number of carbonyl (C=O) groups excluding carboxylic acids is 1. The summed E-state index contributed by atoms with van der Waals surface area (Å²) in [5, 5.41) is 3.10. The third-order valence-corrected chi connectivity index (χ3v) is 4.36. The summed E-state index contributed by atoms with van der Waals surface area (Å²) in [4.78, 5) is 11.1. The molecule has 1 aliphatic rings. The fraction of sp³-hybridized carbons (Fsp3) is 0.316. The first-order valence-corrected chi connectivity index (χ1v) is 8.05. The van der Waals surface area contributed by atoms with E-state index in [-0.39, 0.29) is 23.7 Å². The minimum Gasteiger partial charge on any atom is -0.493 e. The molecule has 3 rings (SSSR count). The van der Waals surface area contributed by atoms with Crippen molar-refractivity contribution < 1.29 is 13.9 Å². The van der Waals surface area contributed by atoms with Crippen molar-refractivity contribution >= 4 is 5.91 Å². The Kier molecular flexibility index (Phi) is 4.81. The number of ether oxygens (including phenoxy) is 1. The topological polar surface area (TPSA) is 64.3 Å². The van der Waals surface area contributed by atoms with E-state index in [1.807, 2.05) is 18.2 Å². The van der Waals surface area contributed by atoms with Gasteiger partial charge in [-0.3, -0.25) is 4.79 Å². The lowest BCUT2D eigenvalue weighted by Crippen LogP contribution is -2.38. The molecule has 2 aromatic carbocycles. The molecule has 1 aliphatic heterocycles. The predicted molar refractivity (Wildman–Crippen MR) is 90.3 cm³/mol. The van der Waals surface area contributed by atoms with Gasteiger partial charge in [-0.1, -0.05) is 24.3 Å². The molecular weight excluding hydrogens is 307 g/mol. The Balaban J connectivity index is 1.72. The van der Waals surface area contributed by atoms with E-state index < -0.39 is 0 Å². The first-order valence-electron chi connectivity index (χ1n) is 8.05. The fourth-order valence-electron chi connectivity index (χ4n) is 2.93. The summed E-state index contributed by atoms with van der Waals surface area (Å²) in [7, 11) is 0. The van der Waals surface area contributed by atoms with Gasteiger partial charge in [0.2, 0.25) is 5.91 Å². The van der Waals surface area contributed by atoms with Gasteiger partial charge in [-0.15, -0.1) is 0 Å². The van der Waals surface area contributed by atoms with Gasteiger partial charge in [-0.2, -0.15) is 0 Å². The van der Waals surface area contributed by atoms with Gasteiger partial charge in [0.05, 0.1) is 12.6 Å². The summed E-state index contributed by atoms with van der Waals surface area (Å²) in [6.45, 7) is 2.90. The van der Waals surface area contributed by atoms with Crippen LogP contribution < -0.4 is 15.8 Å². The highest BCUT2D eigenvalue weighted by Gasteiger charge is 2.25. The number of hydrogen-bond acceptors (Lipinski definition) is 3. The van der Waals surface area contributed by atoms with E-state index in [1.54, 1.807) is 19.1 Å². The van der Waals surface area contributed by atoms with Crippen molar-refractivity contribution in [2.24, 2.45) is 5.73 Å². The van der Waals surface area contributed by atoms with Gasteiger partial charge in [0.25, 0.3) is 0 Å². The highest BCUT2D eigenvalue weighted by molar-refractivity contribution is 5.79. The molecule has 0 saturated carbocycles. The number of nitrogens with one attached hydrogen (secondary N) is 1. The largest absolute Gasteiger partial charge is 0.493 e. The van der Waals surface area contributed by atoms with Crippen molar-refractivity contribution in [1.29, 1.82) is 0 Å². The van der Waals surface area contributed by atoms with Gasteiger partial charge in [0, 0.05) is 18.0 Å². The number of carbonyl (C=O) groups is 1. The van der Waals surface area contributed by atoms with Crippen LogP contribution in [0.1, 0.15) is 29.5 Å². The molecule has 2 aromatic rings. The Morgan fingerprint density at radius 1 is 1.33 bits per heavy atom. The number of rotatable bonds is 6. The molecular formula is C19H21FN2O2. The zero-order valence-corrected chi connectivity index (χ0v) is 13.6. The van der Waals surface area contributed by atoms with Crippen LogP contribution in [-0.4, -0.2) is 18.6 Å². The van der Waals surface area contributed by atoms with E-state index in [0.29, 0.717) is 13.2 Å². The van der Waals surface area contributed by atoms with Crippen molar-refractivity contribution in [1.82, 2.24) is 5.32 Å². The lowest BCUT2D eigenvalue weighted by Gasteiger charge is -2.12. The van der Waals surface area contributed by atoms with E-state index in [0.717, 1.165) is 28.9 Å². The number of benzene rings is 2. The van der Waals surface area contributed by atoms with Crippen LogP contribution in [0.3, 0.4) is 0 Å². The Morgan fingerprint density at radius 2 is 2.17 bits per heavy atom. The van der Waals surface area contributed by atoms with Crippen LogP contribution in [0.15, 0.2) is 42.5 Å². The van der Waals surface area contributed by atoms with Crippen molar-refractivity contribution in [2.75, 3.05) is 6.61 Å². The molecule has 2 atom stereocenters. The van der Waals surface area contributed by atoms with Crippen molar-refractivity contribution in [3.63, 3.8) is 0 Å². The van der Waals surface area contributed by atoms with Gasteiger partial charge >= 0.3 is 0 Å². The summed E-state index contributed by atoms with van der Waals surface area (Å²) in [6.07, 6.45) is 0.735. The molecule has 0 aliphatic carbocycles. The highest BCUT2D eigenvalue weighted by atomic mass is 19.1. The molecule has 0 aromatic heterocycles. The lowest BCUT2D eigenvalue weighted by atomic mass is 9.92. The molecule has 5 heteroatoms. The monoisotopic (exact) mass is 328 g/mol. The molecule has 0 bridgehead atoms. The van der Waals surface area contributed by atoms with Crippen LogP contribution in [-0.2, 0) is 17.8 Å². The number of nitrogens with two attached hydrogens (primary N) is 1. The van der Waals surface area contributed by atoms with E-state index in [4.69, 9.17) is 10.5 Å². The zero-order valence-electron chi connectivity index (χ0n) is 13.6. The molecule has 0 saturated heterocycles. The minimum absolute atomic E-state index is 0.204. The van der Waals surface area contributed by atoms with Crippen LogP contribution in [0.25, 0.3) is 0 Å². The second kappa shape index (κ2) is 7.01. The lowest BCUT2D eigenvalue weighted by molar-refractivity contribution is -0.119. The van der Waals surface area contributed by atoms with Crippen molar-refractivity contribution in [2.45, 2.75) is 31.8 Å². The maximum absolute atomic E-state index is 13.4. The number of hydrogen-bond donors (Lipinski definition) is 2. The second-order valence-electron chi connectivity index (χ2n) is 6.22. The van der Waals surface area contributed by atoms with Gasteiger partial charge in [0.1, 0.15) is 11.6 Å². The molecule has 0 radical (unpaired) electrons. The van der Waals surface area contributed by atoms with Gasteiger partial charge in [0.15, 0.2) is 0 Å². The minimum atomic E-state index is -0.377. The highest BCUT2D eigenvalue weighted by Crippen LogP contribution is 2.36. The smallest absolute Gasteiger partial charge is 0.234 e. The molecule has 24 heavy (non-hydrogen) atoms. The van der Waals surface area contributed by atoms with Crippen molar-refractivity contribution in [3.05, 3.63) is 65.0 Å². The standard InChI is InChI=1S/C19H21FN2O2/c1-12(19(21)23)22-10-14-5-6-18-17(9-14)15(11-24-18)7-13-3-2-4-16(20)8-13/h2-6,8-9,12,15,22H,7,10-11H2,1H3,(H2,21,23). The van der Waals surface area contributed by atoms with E-state index in [1.165, 1.54) is 6.07 Å². The molecule has 4 nitrogen and oxygen atoms in total. The molecule has 2 unspecified atom stereocenters. The van der Waals surface area contributed by atoms with E-state index >= 15 is 0 Å². The number of amides is 1. The van der Waals surface area contributed by atoms with Crippen LogP contribution in [0.4, 0.5) is 4.39 Å². The first-order chi connectivity index (χ1) is 11.5. The van der Waals surface area contributed by atoms with E-state index in [9.17, 15) is 9.18 Å². The van der Waals surface area contributed by atoms with Gasteiger partial charge in [-0.05, 0) is 42.7 Å². The predicted octanol–water partition coefficient (Wildman–Crippen LogP) is 2.51. The third-order valence-electron chi connectivity index (χ3n) is 4.36. The van der Waals surface area contributed by atoms with Crippen LogP contribution >= 0.6 is 0 Å². The summed E-state index contributed by atoms with van der Waals surface area (Å²) < 4.78 is 19.1. The Labute approximate surface area is 140 Å². The third kappa shape index (κ3) is 3.74. The average Bonchev–Trinajstić information content (AvgIpc) is 2.95. The van der Waals surface area contributed by atoms with Gasteiger partial charge in [-0.25, -0.2) is 4.39 Å². The first kappa shape index (κ1) is 16.5. The summed E-state index contributed by atoms with van der Waals surface area (Å²) in [5.41, 5.74) is 8.42.